The van der Waals surface area contributed by atoms with E-state index in [0.717, 1.165) is 27.9 Å². The van der Waals surface area contributed by atoms with Crippen LogP contribution in [0.15, 0.2) is 60.9 Å². The summed E-state index contributed by atoms with van der Waals surface area (Å²) in [5, 5.41) is 0.717. The Hall–Kier alpha value is -2.39. The van der Waals surface area contributed by atoms with Gasteiger partial charge in [-0.1, -0.05) is 35.9 Å². The fraction of sp³-hybridized carbons (Fsp3) is 0. The zero-order valence-corrected chi connectivity index (χ0v) is 11.2. The van der Waals surface area contributed by atoms with E-state index in [4.69, 9.17) is 16.6 Å². The molecule has 0 radical (unpaired) electrons. The van der Waals surface area contributed by atoms with Gasteiger partial charge in [0.1, 0.15) is 5.69 Å². The molecule has 0 saturated heterocycles. The van der Waals surface area contributed by atoms with Crippen LogP contribution in [0, 0.1) is 0 Å². The number of halogens is 1. The van der Waals surface area contributed by atoms with Gasteiger partial charge in [0.25, 0.3) is 0 Å². The molecule has 0 bridgehead atoms. The first-order chi connectivity index (χ1) is 9.83. The van der Waals surface area contributed by atoms with Crippen LogP contribution in [0.1, 0.15) is 0 Å². The normalized spacial score (nSPS) is 11.2. The maximum absolute atomic E-state index is 5.95. The standard InChI is InChI=1S/C16H10ClN3/c17-12-7-5-11(6-8-12)15-16-18-9-10-20(16)14-4-2-1-3-13(14)19-15/h1-10H. The van der Waals surface area contributed by atoms with Crippen molar-refractivity contribution >= 4 is 28.3 Å². The molecule has 0 aliphatic heterocycles. The van der Waals surface area contributed by atoms with E-state index in [2.05, 4.69) is 9.38 Å². The van der Waals surface area contributed by atoms with Gasteiger partial charge in [0.15, 0.2) is 5.65 Å². The van der Waals surface area contributed by atoms with Gasteiger partial charge in [-0.3, -0.25) is 4.40 Å². The lowest BCUT2D eigenvalue weighted by Crippen LogP contribution is -1.95. The summed E-state index contributed by atoms with van der Waals surface area (Å²) in [6.45, 7) is 0. The van der Waals surface area contributed by atoms with Crippen molar-refractivity contribution in [3.8, 4) is 11.3 Å². The van der Waals surface area contributed by atoms with E-state index in [1.54, 1.807) is 6.20 Å². The molecule has 2 heterocycles. The van der Waals surface area contributed by atoms with E-state index < -0.39 is 0 Å². The van der Waals surface area contributed by atoms with Gasteiger partial charge in [-0.05, 0) is 24.3 Å². The Kier molecular flexibility index (Phi) is 2.47. The molecule has 2 aromatic carbocycles. The summed E-state index contributed by atoms with van der Waals surface area (Å²) < 4.78 is 2.06. The highest BCUT2D eigenvalue weighted by molar-refractivity contribution is 6.30. The van der Waals surface area contributed by atoms with Crippen molar-refractivity contribution in [2.24, 2.45) is 0 Å². The van der Waals surface area contributed by atoms with Crippen molar-refractivity contribution in [3.63, 3.8) is 0 Å². The van der Waals surface area contributed by atoms with Crippen LogP contribution in [0.3, 0.4) is 0 Å². The van der Waals surface area contributed by atoms with E-state index in [0.29, 0.717) is 5.02 Å². The Labute approximate surface area is 120 Å². The van der Waals surface area contributed by atoms with Crippen molar-refractivity contribution in [3.05, 3.63) is 65.9 Å². The summed E-state index contributed by atoms with van der Waals surface area (Å²) in [5.74, 6) is 0. The van der Waals surface area contributed by atoms with Crippen molar-refractivity contribution < 1.29 is 0 Å². The monoisotopic (exact) mass is 279 g/mol. The Morgan fingerprint density at radius 3 is 2.60 bits per heavy atom. The molecule has 4 heteroatoms. The number of nitrogens with zero attached hydrogens (tertiary/aromatic N) is 3. The molecule has 0 amide bonds. The number of benzene rings is 2. The molecule has 0 saturated carbocycles. The van der Waals surface area contributed by atoms with Gasteiger partial charge in [-0.25, -0.2) is 9.97 Å². The lowest BCUT2D eigenvalue weighted by atomic mass is 10.1. The molecule has 0 unspecified atom stereocenters. The SMILES string of the molecule is Clc1ccc(-c2nc3ccccc3n3ccnc23)cc1. The molecule has 0 fully saturated rings. The largest absolute Gasteiger partial charge is 0.296 e. The van der Waals surface area contributed by atoms with Crippen molar-refractivity contribution in [2.75, 3.05) is 0 Å². The molecule has 0 spiro atoms. The minimum Gasteiger partial charge on any atom is -0.296 e. The fourth-order valence-electron chi connectivity index (χ4n) is 2.41. The predicted molar refractivity (Wildman–Crippen MR) is 80.9 cm³/mol. The number of imidazole rings is 1. The highest BCUT2D eigenvalue weighted by atomic mass is 35.5. The molecule has 0 N–H and O–H groups in total. The van der Waals surface area contributed by atoms with Gasteiger partial charge in [0.2, 0.25) is 0 Å². The van der Waals surface area contributed by atoms with Gasteiger partial charge in [-0.2, -0.15) is 0 Å². The maximum Gasteiger partial charge on any atom is 0.163 e. The summed E-state index contributed by atoms with van der Waals surface area (Å²) in [6.07, 6.45) is 3.75. The number of hydrogen-bond acceptors (Lipinski definition) is 2. The molecule has 2 aromatic heterocycles. The van der Waals surface area contributed by atoms with E-state index in [1.165, 1.54) is 0 Å². The quantitative estimate of drug-likeness (QED) is 0.523. The van der Waals surface area contributed by atoms with Gasteiger partial charge in [-0.15, -0.1) is 0 Å². The third-order valence-corrected chi connectivity index (χ3v) is 3.60. The van der Waals surface area contributed by atoms with Crippen LogP contribution in [0.5, 0.6) is 0 Å². The van der Waals surface area contributed by atoms with Crippen molar-refractivity contribution in [1.82, 2.24) is 14.4 Å². The van der Waals surface area contributed by atoms with E-state index in [-0.39, 0.29) is 0 Å². The average Bonchev–Trinajstić information content (AvgIpc) is 2.97. The Balaban J connectivity index is 2.11. The third kappa shape index (κ3) is 1.67. The summed E-state index contributed by atoms with van der Waals surface area (Å²) in [7, 11) is 0. The highest BCUT2D eigenvalue weighted by Crippen LogP contribution is 2.26. The fourth-order valence-corrected chi connectivity index (χ4v) is 2.53. The molecular formula is C16H10ClN3. The van der Waals surface area contributed by atoms with Crippen LogP contribution in [0.25, 0.3) is 27.9 Å². The van der Waals surface area contributed by atoms with Crippen molar-refractivity contribution in [2.45, 2.75) is 0 Å². The molecule has 3 nitrogen and oxygen atoms in total. The predicted octanol–water partition coefficient (Wildman–Crippen LogP) is 4.20. The number of fused-ring (bicyclic) bond motifs is 3. The third-order valence-electron chi connectivity index (χ3n) is 3.34. The molecule has 20 heavy (non-hydrogen) atoms. The van der Waals surface area contributed by atoms with Crippen LogP contribution in [0.2, 0.25) is 5.02 Å². The Bertz CT molecular complexity index is 910. The minimum absolute atomic E-state index is 0.717. The first-order valence-electron chi connectivity index (χ1n) is 6.31. The first-order valence-corrected chi connectivity index (χ1v) is 6.68. The lowest BCUT2D eigenvalue weighted by molar-refractivity contribution is 1.21. The van der Waals surface area contributed by atoms with Gasteiger partial charge >= 0.3 is 0 Å². The van der Waals surface area contributed by atoms with E-state index >= 15 is 0 Å². The number of aromatic nitrogens is 3. The topological polar surface area (TPSA) is 30.2 Å². The highest BCUT2D eigenvalue weighted by Gasteiger charge is 2.10. The molecule has 0 aliphatic rings. The second kappa shape index (κ2) is 4.32. The second-order valence-corrected chi connectivity index (χ2v) is 5.01. The molecular weight excluding hydrogens is 270 g/mol. The smallest absolute Gasteiger partial charge is 0.163 e. The zero-order valence-electron chi connectivity index (χ0n) is 10.5. The Morgan fingerprint density at radius 1 is 0.950 bits per heavy atom. The van der Waals surface area contributed by atoms with Gasteiger partial charge in [0, 0.05) is 23.0 Å². The van der Waals surface area contributed by atoms with Crippen LogP contribution < -0.4 is 0 Å². The molecule has 0 aliphatic carbocycles. The summed E-state index contributed by atoms with van der Waals surface area (Å²) in [5.41, 5.74) is 4.73. The van der Waals surface area contributed by atoms with Crippen LogP contribution in [-0.2, 0) is 0 Å². The number of hydrogen-bond donors (Lipinski definition) is 0. The second-order valence-electron chi connectivity index (χ2n) is 4.58. The van der Waals surface area contributed by atoms with Crippen molar-refractivity contribution in [1.29, 1.82) is 0 Å². The molecule has 0 atom stereocenters. The van der Waals surface area contributed by atoms with E-state index in [9.17, 15) is 0 Å². The van der Waals surface area contributed by atoms with Gasteiger partial charge < -0.3 is 0 Å². The van der Waals surface area contributed by atoms with Crippen LogP contribution in [-0.4, -0.2) is 14.4 Å². The summed E-state index contributed by atoms with van der Waals surface area (Å²) in [4.78, 5) is 9.18. The van der Waals surface area contributed by atoms with Gasteiger partial charge in [0.05, 0.1) is 11.0 Å². The number of para-hydroxylation sites is 2. The zero-order chi connectivity index (χ0) is 13.5. The minimum atomic E-state index is 0.717. The maximum atomic E-state index is 5.95. The van der Waals surface area contributed by atoms with Crippen LogP contribution in [0.4, 0.5) is 0 Å². The average molecular weight is 280 g/mol. The van der Waals surface area contributed by atoms with E-state index in [1.807, 2.05) is 54.7 Å². The molecule has 96 valence electrons. The summed E-state index contributed by atoms with van der Waals surface area (Å²) >= 11 is 5.95. The molecule has 4 rings (SSSR count). The summed E-state index contributed by atoms with van der Waals surface area (Å²) in [6, 6.07) is 15.7. The molecule has 4 aromatic rings. The number of rotatable bonds is 1. The van der Waals surface area contributed by atoms with Crippen LogP contribution >= 0.6 is 11.6 Å². The Morgan fingerprint density at radius 2 is 1.75 bits per heavy atom. The first kappa shape index (κ1) is 11.4. The lowest BCUT2D eigenvalue weighted by Gasteiger charge is -2.07.